The van der Waals surface area contributed by atoms with E-state index in [0.717, 1.165) is 25.0 Å². The lowest BCUT2D eigenvalue weighted by atomic mass is 9.77. The van der Waals surface area contributed by atoms with Crippen molar-refractivity contribution in [2.75, 3.05) is 6.54 Å². The first-order valence-corrected chi connectivity index (χ1v) is 10.7. The molecule has 0 radical (unpaired) electrons. The predicted octanol–water partition coefficient (Wildman–Crippen LogP) is 4.16. The minimum atomic E-state index is -4.58. The molecule has 1 aliphatic carbocycles. The van der Waals surface area contributed by atoms with Gasteiger partial charge < -0.3 is 9.64 Å². The second-order valence-electron chi connectivity index (χ2n) is 8.37. The lowest BCUT2D eigenvalue weighted by Crippen LogP contribution is -2.59. The van der Waals surface area contributed by atoms with Gasteiger partial charge in [-0.05, 0) is 31.2 Å². The molecule has 2 bridgehead atoms. The maximum atomic E-state index is 13.6. The molecule has 0 spiro atoms. The van der Waals surface area contributed by atoms with Crippen molar-refractivity contribution in [3.63, 3.8) is 0 Å². The summed E-state index contributed by atoms with van der Waals surface area (Å²) in [6, 6.07) is 6.58. The molecule has 1 aromatic carbocycles. The molecule has 7 nitrogen and oxygen atoms in total. The zero-order valence-electron chi connectivity index (χ0n) is 17.7. The number of fused-ring (bicyclic) bond motifs is 3. The number of hydrogen-bond acceptors (Lipinski definition) is 6. The van der Waals surface area contributed by atoms with Crippen molar-refractivity contribution in [3.8, 4) is 17.3 Å². The first kappa shape index (κ1) is 22.2. The minimum Gasteiger partial charge on any atom is -0.471 e. The van der Waals surface area contributed by atoms with Crippen LogP contribution in [-0.4, -0.2) is 49.4 Å². The maximum absolute atomic E-state index is 13.6. The molecule has 2 aromatic heterocycles. The number of amides is 1. The summed E-state index contributed by atoms with van der Waals surface area (Å²) in [4.78, 5) is 30.5. The second kappa shape index (κ2) is 8.62. The number of alkyl halides is 3. The van der Waals surface area contributed by atoms with Crippen molar-refractivity contribution in [3.05, 3.63) is 66.1 Å². The molecule has 0 N–H and O–H groups in total. The van der Waals surface area contributed by atoms with E-state index in [9.17, 15) is 22.4 Å². The topological polar surface area (TPSA) is 81.1 Å². The molecule has 3 atom stereocenters. The average Bonchev–Trinajstić information content (AvgIpc) is 2.84. The Labute approximate surface area is 191 Å². The molecule has 1 saturated carbocycles. The van der Waals surface area contributed by atoms with Crippen LogP contribution in [-0.2, 0) is 6.18 Å². The fraction of sp³-hybridized carbons (Fsp3) is 0.348. The van der Waals surface area contributed by atoms with Crippen LogP contribution in [0.15, 0.2) is 49.1 Å². The van der Waals surface area contributed by atoms with Crippen LogP contribution < -0.4 is 4.74 Å². The van der Waals surface area contributed by atoms with E-state index in [1.807, 2.05) is 0 Å². The molecule has 3 fully saturated rings. The van der Waals surface area contributed by atoms with Crippen molar-refractivity contribution < 1.29 is 27.1 Å². The highest BCUT2D eigenvalue weighted by atomic mass is 19.4. The largest absolute Gasteiger partial charge is 0.471 e. The van der Waals surface area contributed by atoms with Crippen LogP contribution in [0.4, 0.5) is 17.6 Å². The fourth-order valence-electron chi connectivity index (χ4n) is 4.64. The molecule has 2 aliphatic heterocycles. The summed E-state index contributed by atoms with van der Waals surface area (Å²) in [6.45, 7) is 0.542. The minimum absolute atomic E-state index is 0.0157. The van der Waals surface area contributed by atoms with Crippen molar-refractivity contribution in [2.45, 2.75) is 37.6 Å². The van der Waals surface area contributed by atoms with Crippen molar-refractivity contribution in [1.29, 1.82) is 0 Å². The standard InChI is InChI=1S/C23H19F4N5O2/c24-14-8-30-21(31-9-14)15-3-1-2-4-16(15)22(33)32-12-13-5-6-17(32)18(7-13)34-20-11-28-19(10-29-20)23(25,26)27/h1-4,8-11,13,17-18H,5-7,12H2/t13?,17-,18+/m0/s1. The summed E-state index contributed by atoms with van der Waals surface area (Å²) in [5, 5.41) is 0. The quantitative estimate of drug-likeness (QED) is 0.530. The normalized spacial score (nSPS) is 22.0. The number of halogens is 4. The Kier molecular flexibility index (Phi) is 5.62. The van der Waals surface area contributed by atoms with Gasteiger partial charge in [0.2, 0.25) is 5.88 Å². The van der Waals surface area contributed by atoms with Gasteiger partial charge in [0.15, 0.2) is 17.3 Å². The average molecular weight is 473 g/mol. The Morgan fingerprint density at radius 1 is 1.00 bits per heavy atom. The van der Waals surface area contributed by atoms with Crippen LogP contribution in [0.2, 0.25) is 0 Å². The van der Waals surface area contributed by atoms with E-state index >= 15 is 0 Å². The third-order valence-electron chi connectivity index (χ3n) is 6.19. The highest BCUT2D eigenvalue weighted by Gasteiger charge is 2.45. The smallest absolute Gasteiger partial charge is 0.434 e. The number of hydrogen-bond donors (Lipinski definition) is 0. The van der Waals surface area contributed by atoms with E-state index in [1.54, 1.807) is 29.2 Å². The molecule has 2 saturated heterocycles. The summed E-state index contributed by atoms with van der Waals surface area (Å²) in [5.41, 5.74) is -0.226. The van der Waals surface area contributed by atoms with Gasteiger partial charge in [0.1, 0.15) is 6.10 Å². The van der Waals surface area contributed by atoms with Gasteiger partial charge >= 0.3 is 6.18 Å². The zero-order valence-corrected chi connectivity index (χ0v) is 17.7. The molecule has 11 heteroatoms. The number of rotatable bonds is 4. The van der Waals surface area contributed by atoms with E-state index in [0.29, 0.717) is 36.7 Å². The summed E-state index contributed by atoms with van der Waals surface area (Å²) >= 11 is 0. The van der Waals surface area contributed by atoms with Crippen LogP contribution in [0.1, 0.15) is 35.3 Å². The zero-order chi connectivity index (χ0) is 23.9. The highest BCUT2D eigenvalue weighted by molar-refractivity contribution is 6.00. The number of piperidine rings is 2. The summed E-state index contributed by atoms with van der Waals surface area (Å²) in [6.07, 6.45) is 0.969. The number of benzene rings is 1. The molecule has 4 heterocycles. The summed E-state index contributed by atoms with van der Waals surface area (Å²) in [7, 11) is 0. The second-order valence-corrected chi connectivity index (χ2v) is 8.37. The number of ether oxygens (including phenoxy) is 1. The Bertz CT molecular complexity index is 1190. The maximum Gasteiger partial charge on any atom is 0.434 e. The Morgan fingerprint density at radius 3 is 2.44 bits per heavy atom. The number of carbonyl (C=O) groups excluding carboxylic acids is 1. The van der Waals surface area contributed by atoms with Gasteiger partial charge in [-0.15, -0.1) is 0 Å². The Morgan fingerprint density at radius 2 is 1.76 bits per heavy atom. The van der Waals surface area contributed by atoms with Crippen molar-refractivity contribution in [2.24, 2.45) is 5.92 Å². The summed E-state index contributed by atoms with van der Waals surface area (Å²) < 4.78 is 57.5. The van der Waals surface area contributed by atoms with Gasteiger partial charge in [-0.3, -0.25) is 4.79 Å². The first-order valence-electron chi connectivity index (χ1n) is 10.7. The number of nitrogens with zero attached hydrogens (tertiary/aromatic N) is 5. The molecule has 34 heavy (non-hydrogen) atoms. The number of aromatic nitrogens is 4. The van der Waals surface area contributed by atoms with Crippen LogP contribution in [0.3, 0.4) is 0 Å². The molecule has 176 valence electrons. The highest BCUT2D eigenvalue weighted by Crippen LogP contribution is 2.38. The number of carbonyl (C=O) groups is 1. The van der Waals surface area contributed by atoms with Crippen molar-refractivity contribution >= 4 is 5.91 Å². The van der Waals surface area contributed by atoms with Gasteiger partial charge in [-0.25, -0.2) is 24.3 Å². The van der Waals surface area contributed by atoms with E-state index in [1.165, 1.54) is 0 Å². The lowest BCUT2D eigenvalue weighted by Gasteiger charge is -2.49. The monoisotopic (exact) mass is 473 g/mol. The molecule has 3 aliphatic rings. The van der Waals surface area contributed by atoms with E-state index in [2.05, 4.69) is 19.9 Å². The van der Waals surface area contributed by atoms with Crippen LogP contribution >= 0.6 is 0 Å². The van der Waals surface area contributed by atoms with Gasteiger partial charge in [0.25, 0.3) is 5.91 Å². The van der Waals surface area contributed by atoms with E-state index in [-0.39, 0.29) is 29.6 Å². The molecule has 1 unspecified atom stereocenters. The molecular weight excluding hydrogens is 454 g/mol. The molecular formula is C23H19F4N5O2. The van der Waals surface area contributed by atoms with Crippen molar-refractivity contribution in [1.82, 2.24) is 24.8 Å². The molecule has 3 aromatic rings. The SMILES string of the molecule is O=C(c1ccccc1-c1ncc(F)cn1)N1CC2CC[C@H]1[C@H](Oc1cnc(C(F)(F)F)cn1)C2. The fourth-order valence-corrected chi connectivity index (χ4v) is 4.64. The first-order chi connectivity index (χ1) is 16.3. The third kappa shape index (κ3) is 4.29. The Hall–Kier alpha value is -3.63. The van der Waals surface area contributed by atoms with Crippen LogP contribution in [0, 0.1) is 11.7 Å². The van der Waals surface area contributed by atoms with Gasteiger partial charge in [-0.1, -0.05) is 18.2 Å². The third-order valence-corrected chi connectivity index (χ3v) is 6.19. The summed E-state index contributed by atoms with van der Waals surface area (Å²) in [5.74, 6) is -0.397. The van der Waals surface area contributed by atoms with Crippen LogP contribution in [0.25, 0.3) is 11.4 Å². The van der Waals surface area contributed by atoms with Gasteiger partial charge in [0, 0.05) is 12.1 Å². The van der Waals surface area contributed by atoms with Crippen LogP contribution in [0.5, 0.6) is 5.88 Å². The van der Waals surface area contributed by atoms with E-state index < -0.39 is 23.8 Å². The molecule has 6 rings (SSSR count). The lowest BCUT2D eigenvalue weighted by molar-refractivity contribution is -0.141. The van der Waals surface area contributed by atoms with Gasteiger partial charge in [-0.2, -0.15) is 13.2 Å². The Balaban J connectivity index is 1.38. The van der Waals surface area contributed by atoms with Gasteiger partial charge in [0.05, 0.1) is 36.4 Å². The molecule has 1 amide bonds. The van der Waals surface area contributed by atoms with E-state index in [4.69, 9.17) is 4.74 Å². The predicted molar refractivity (Wildman–Crippen MR) is 111 cm³/mol.